The van der Waals surface area contributed by atoms with Crippen molar-refractivity contribution < 1.29 is 13.6 Å². The predicted octanol–water partition coefficient (Wildman–Crippen LogP) is 2.04. The Kier molecular flexibility index (Phi) is 2.70. The molecule has 0 aromatic carbocycles. The van der Waals surface area contributed by atoms with E-state index >= 15 is 0 Å². The molecule has 0 bridgehead atoms. The number of rotatable bonds is 1. The molecular formula is C10H15F2NO. The maximum Gasteiger partial charge on any atom is 0.315 e. The Labute approximate surface area is 82.3 Å². The van der Waals surface area contributed by atoms with Gasteiger partial charge in [-0.2, -0.15) is 8.78 Å². The molecule has 1 heterocycles. The molecule has 14 heavy (non-hydrogen) atoms. The Morgan fingerprint density at radius 1 is 1.21 bits per heavy atom. The number of amides is 1. The standard InChI is InChI=1S/C10H15F2NO/c11-9(12)10(14)13-6-5-7-3-1-2-4-8(7)13/h7-9H,1-6H2/t7-,8-/m0/s1. The molecule has 2 aliphatic rings. The molecule has 2 atom stereocenters. The number of likely N-dealkylation sites (tertiary alicyclic amines) is 1. The number of nitrogens with zero attached hydrogens (tertiary/aromatic N) is 1. The molecule has 1 saturated heterocycles. The predicted molar refractivity (Wildman–Crippen MR) is 48.1 cm³/mol. The lowest BCUT2D eigenvalue weighted by atomic mass is 9.85. The van der Waals surface area contributed by atoms with Crippen LogP contribution >= 0.6 is 0 Å². The van der Waals surface area contributed by atoms with E-state index in [1.54, 1.807) is 0 Å². The Morgan fingerprint density at radius 3 is 2.64 bits per heavy atom. The first-order valence-corrected chi connectivity index (χ1v) is 5.29. The third kappa shape index (κ3) is 1.62. The second kappa shape index (κ2) is 3.83. The summed E-state index contributed by atoms with van der Waals surface area (Å²) in [5, 5.41) is 0. The van der Waals surface area contributed by atoms with E-state index in [4.69, 9.17) is 0 Å². The van der Waals surface area contributed by atoms with Gasteiger partial charge in [0.2, 0.25) is 0 Å². The minimum absolute atomic E-state index is 0.116. The molecule has 0 unspecified atom stereocenters. The molecule has 2 fully saturated rings. The zero-order chi connectivity index (χ0) is 10.1. The first-order chi connectivity index (χ1) is 6.70. The van der Waals surface area contributed by atoms with Crippen LogP contribution in [0.2, 0.25) is 0 Å². The smallest absolute Gasteiger partial charge is 0.315 e. The van der Waals surface area contributed by atoms with Crippen molar-refractivity contribution in [1.82, 2.24) is 4.90 Å². The molecule has 4 heteroatoms. The summed E-state index contributed by atoms with van der Waals surface area (Å²) in [6.45, 7) is 0.540. The van der Waals surface area contributed by atoms with Gasteiger partial charge in [0.15, 0.2) is 0 Å². The van der Waals surface area contributed by atoms with E-state index in [9.17, 15) is 13.6 Å². The third-order valence-corrected chi connectivity index (χ3v) is 3.48. The maximum absolute atomic E-state index is 12.2. The minimum atomic E-state index is -2.82. The summed E-state index contributed by atoms with van der Waals surface area (Å²) in [6, 6.07) is 0.116. The van der Waals surface area contributed by atoms with Crippen LogP contribution in [-0.4, -0.2) is 29.8 Å². The summed E-state index contributed by atoms with van der Waals surface area (Å²) in [7, 11) is 0. The fraction of sp³-hybridized carbons (Fsp3) is 0.900. The monoisotopic (exact) mass is 203 g/mol. The Bertz CT molecular complexity index is 232. The number of carbonyl (C=O) groups excluding carboxylic acids is 1. The van der Waals surface area contributed by atoms with Crippen molar-refractivity contribution in [3.8, 4) is 0 Å². The van der Waals surface area contributed by atoms with Crippen LogP contribution in [0, 0.1) is 5.92 Å². The van der Waals surface area contributed by atoms with Gasteiger partial charge in [-0.15, -0.1) is 0 Å². The van der Waals surface area contributed by atoms with Gasteiger partial charge in [-0.25, -0.2) is 0 Å². The highest BCUT2D eigenvalue weighted by Gasteiger charge is 2.40. The van der Waals surface area contributed by atoms with Crippen LogP contribution in [0.4, 0.5) is 8.78 Å². The van der Waals surface area contributed by atoms with Crippen LogP contribution in [-0.2, 0) is 4.79 Å². The molecule has 0 spiro atoms. The molecule has 0 aromatic rings. The summed E-state index contributed by atoms with van der Waals surface area (Å²) in [6.07, 6.45) is 2.39. The largest absolute Gasteiger partial charge is 0.334 e. The molecule has 1 aliphatic heterocycles. The summed E-state index contributed by atoms with van der Waals surface area (Å²) in [5.41, 5.74) is 0. The van der Waals surface area contributed by atoms with Crippen molar-refractivity contribution in [3.63, 3.8) is 0 Å². The highest BCUT2D eigenvalue weighted by atomic mass is 19.3. The zero-order valence-electron chi connectivity index (χ0n) is 8.09. The van der Waals surface area contributed by atoms with Gasteiger partial charge in [0.25, 0.3) is 5.91 Å². The van der Waals surface area contributed by atoms with Gasteiger partial charge in [-0.3, -0.25) is 4.79 Å². The minimum Gasteiger partial charge on any atom is -0.334 e. The number of halogens is 2. The number of hydrogen-bond donors (Lipinski definition) is 0. The van der Waals surface area contributed by atoms with Gasteiger partial charge >= 0.3 is 6.43 Å². The lowest BCUT2D eigenvalue weighted by Gasteiger charge is -2.31. The number of carbonyl (C=O) groups is 1. The molecular weight excluding hydrogens is 188 g/mol. The molecule has 80 valence electrons. The van der Waals surface area contributed by atoms with Crippen molar-refractivity contribution in [2.75, 3.05) is 6.54 Å². The van der Waals surface area contributed by atoms with Crippen molar-refractivity contribution in [1.29, 1.82) is 0 Å². The second-order valence-electron chi connectivity index (χ2n) is 4.23. The topological polar surface area (TPSA) is 20.3 Å². The Balaban J connectivity index is 2.03. The van der Waals surface area contributed by atoms with Gasteiger partial charge < -0.3 is 4.90 Å². The number of alkyl halides is 2. The summed E-state index contributed by atoms with van der Waals surface area (Å²) >= 11 is 0. The zero-order valence-corrected chi connectivity index (χ0v) is 8.09. The van der Waals surface area contributed by atoms with Crippen LogP contribution in [0.25, 0.3) is 0 Å². The third-order valence-electron chi connectivity index (χ3n) is 3.48. The number of hydrogen-bond acceptors (Lipinski definition) is 1. The van der Waals surface area contributed by atoms with Gasteiger partial charge in [-0.05, 0) is 25.2 Å². The molecule has 1 saturated carbocycles. The molecule has 0 N–H and O–H groups in total. The van der Waals surface area contributed by atoms with E-state index in [2.05, 4.69) is 0 Å². The van der Waals surface area contributed by atoms with E-state index in [-0.39, 0.29) is 6.04 Å². The first-order valence-electron chi connectivity index (χ1n) is 5.29. The molecule has 0 aromatic heterocycles. The molecule has 1 aliphatic carbocycles. The van der Waals surface area contributed by atoms with Crippen molar-refractivity contribution >= 4 is 5.91 Å². The van der Waals surface area contributed by atoms with Gasteiger partial charge in [0.05, 0.1) is 0 Å². The van der Waals surface area contributed by atoms with E-state index in [1.165, 1.54) is 11.3 Å². The SMILES string of the molecule is O=C(C(F)F)N1CC[C@@H]2CCCC[C@@H]21. The van der Waals surface area contributed by atoms with Crippen LogP contribution in [0.3, 0.4) is 0 Å². The lowest BCUT2D eigenvalue weighted by Crippen LogP contribution is -2.42. The van der Waals surface area contributed by atoms with Gasteiger partial charge in [0.1, 0.15) is 0 Å². The number of fused-ring (bicyclic) bond motifs is 1. The van der Waals surface area contributed by atoms with E-state index in [0.29, 0.717) is 12.5 Å². The maximum atomic E-state index is 12.2. The fourth-order valence-corrected chi connectivity index (χ4v) is 2.80. The highest BCUT2D eigenvalue weighted by molar-refractivity contribution is 5.80. The van der Waals surface area contributed by atoms with E-state index in [1.807, 2.05) is 0 Å². The Hall–Kier alpha value is -0.670. The lowest BCUT2D eigenvalue weighted by molar-refractivity contribution is -0.144. The first kappa shape index (κ1) is 9.87. The van der Waals surface area contributed by atoms with Crippen molar-refractivity contribution in [3.05, 3.63) is 0 Å². The average molecular weight is 203 g/mol. The molecule has 2 rings (SSSR count). The average Bonchev–Trinajstić information content (AvgIpc) is 2.60. The van der Waals surface area contributed by atoms with Crippen molar-refractivity contribution in [2.45, 2.75) is 44.6 Å². The summed E-state index contributed by atoms with van der Waals surface area (Å²) in [4.78, 5) is 12.6. The van der Waals surface area contributed by atoms with Gasteiger partial charge in [-0.1, -0.05) is 12.8 Å². The van der Waals surface area contributed by atoms with Crippen molar-refractivity contribution in [2.24, 2.45) is 5.92 Å². The second-order valence-corrected chi connectivity index (χ2v) is 4.23. The summed E-state index contributed by atoms with van der Waals surface area (Å²) in [5.74, 6) is -0.467. The highest BCUT2D eigenvalue weighted by Crippen LogP contribution is 2.36. The van der Waals surface area contributed by atoms with Gasteiger partial charge in [0, 0.05) is 12.6 Å². The van der Waals surface area contributed by atoms with Crippen LogP contribution < -0.4 is 0 Å². The quantitative estimate of drug-likeness (QED) is 0.638. The molecule has 0 radical (unpaired) electrons. The van der Waals surface area contributed by atoms with E-state index < -0.39 is 12.3 Å². The summed E-state index contributed by atoms with van der Waals surface area (Å²) < 4.78 is 24.5. The van der Waals surface area contributed by atoms with Crippen LogP contribution in [0.1, 0.15) is 32.1 Å². The van der Waals surface area contributed by atoms with Crippen LogP contribution in [0.5, 0.6) is 0 Å². The van der Waals surface area contributed by atoms with Crippen LogP contribution in [0.15, 0.2) is 0 Å². The molecule has 2 nitrogen and oxygen atoms in total. The normalized spacial score (nSPS) is 32.1. The fourth-order valence-electron chi connectivity index (χ4n) is 2.80. The molecule has 1 amide bonds. The van der Waals surface area contributed by atoms with E-state index in [0.717, 1.165) is 25.7 Å². The Morgan fingerprint density at radius 2 is 1.93 bits per heavy atom.